The summed E-state index contributed by atoms with van der Waals surface area (Å²) in [6.07, 6.45) is 1.94. The van der Waals surface area contributed by atoms with Gasteiger partial charge in [-0.25, -0.2) is 9.98 Å². The first kappa shape index (κ1) is 31.0. The standard InChI is InChI=1S/C49H33N3/c50-48(37-24-21-35(22-25-37)33-11-2-1-3-12-33)52-49(42-18-10-17-39(30-42)40-26-23-34-13-4-5-15-38(34)29-40)51-32-47-44-20-9-7-16-41(44)31-46-43-19-8-6-14-36(43)27-28-45(46)47/h1-32,50H. The molecule has 0 aliphatic carbocycles. The summed E-state index contributed by atoms with van der Waals surface area (Å²) in [6, 6.07) is 65.2. The monoisotopic (exact) mass is 663 g/mol. The van der Waals surface area contributed by atoms with Gasteiger partial charge in [0.2, 0.25) is 0 Å². The second kappa shape index (κ2) is 13.4. The molecule has 0 amide bonds. The van der Waals surface area contributed by atoms with Crippen molar-refractivity contribution in [3.05, 3.63) is 205 Å². The van der Waals surface area contributed by atoms with E-state index in [1.54, 1.807) is 0 Å². The molecule has 0 saturated heterocycles. The Bertz CT molecular complexity index is 2850. The SMILES string of the molecule is N=C(N=C(N=Cc1c2ccccc2cc2c1ccc1ccccc12)c1cccc(-c2ccc3ccccc3c2)c1)c1ccc(-c2ccccc2)cc1. The highest BCUT2D eigenvalue weighted by Crippen LogP contribution is 2.33. The number of fused-ring (bicyclic) bond motifs is 5. The average molecular weight is 664 g/mol. The van der Waals surface area contributed by atoms with Crippen molar-refractivity contribution in [1.29, 1.82) is 5.41 Å². The lowest BCUT2D eigenvalue weighted by molar-refractivity contribution is 1.40. The Kier molecular flexibility index (Phi) is 7.99. The Labute approximate surface area is 302 Å². The van der Waals surface area contributed by atoms with Crippen molar-refractivity contribution in [2.45, 2.75) is 0 Å². The van der Waals surface area contributed by atoms with Gasteiger partial charge in [0.15, 0.2) is 11.7 Å². The summed E-state index contributed by atoms with van der Waals surface area (Å²) < 4.78 is 0. The zero-order valence-corrected chi connectivity index (χ0v) is 28.4. The van der Waals surface area contributed by atoms with Crippen LogP contribution in [0, 0.1) is 5.41 Å². The summed E-state index contributed by atoms with van der Waals surface area (Å²) in [5.74, 6) is 0.623. The minimum Gasteiger partial charge on any atom is -0.282 e. The molecule has 52 heavy (non-hydrogen) atoms. The normalized spacial score (nSPS) is 12.0. The molecule has 0 fully saturated rings. The molecular formula is C49H33N3. The van der Waals surface area contributed by atoms with Gasteiger partial charge in [-0.1, -0.05) is 170 Å². The average Bonchev–Trinajstić information content (AvgIpc) is 3.22. The Balaban J connectivity index is 1.18. The fourth-order valence-corrected chi connectivity index (χ4v) is 7.12. The lowest BCUT2D eigenvalue weighted by Crippen LogP contribution is -2.05. The van der Waals surface area contributed by atoms with E-state index in [-0.39, 0.29) is 5.84 Å². The molecule has 0 saturated carbocycles. The third-order valence-electron chi connectivity index (χ3n) is 9.81. The van der Waals surface area contributed by atoms with Crippen molar-refractivity contribution in [2.24, 2.45) is 9.98 Å². The maximum Gasteiger partial charge on any atom is 0.161 e. The Morgan fingerprint density at radius 2 is 1.00 bits per heavy atom. The predicted octanol–water partition coefficient (Wildman–Crippen LogP) is 12.5. The first-order valence-electron chi connectivity index (χ1n) is 17.5. The van der Waals surface area contributed by atoms with Gasteiger partial charge in [0, 0.05) is 22.9 Å². The van der Waals surface area contributed by atoms with Crippen LogP contribution in [0.25, 0.3) is 65.3 Å². The van der Waals surface area contributed by atoms with E-state index in [0.29, 0.717) is 5.84 Å². The van der Waals surface area contributed by atoms with Crippen molar-refractivity contribution in [3.63, 3.8) is 0 Å². The highest BCUT2D eigenvalue weighted by atomic mass is 14.9. The number of rotatable bonds is 5. The molecule has 0 heterocycles. The molecule has 9 aromatic rings. The van der Waals surface area contributed by atoms with E-state index in [1.807, 2.05) is 60.8 Å². The van der Waals surface area contributed by atoms with E-state index in [0.717, 1.165) is 55.1 Å². The summed E-state index contributed by atoms with van der Waals surface area (Å²) in [5, 5.41) is 18.5. The van der Waals surface area contributed by atoms with E-state index in [1.165, 1.54) is 26.9 Å². The van der Waals surface area contributed by atoms with Crippen LogP contribution in [-0.2, 0) is 0 Å². The van der Waals surface area contributed by atoms with Crippen LogP contribution in [0.4, 0.5) is 0 Å². The highest BCUT2D eigenvalue weighted by molar-refractivity contribution is 6.22. The number of amidine groups is 2. The molecule has 9 aromatic carbocycles. The van der Waals surface area contributed by atoms with Gasteiger partial charge in [-0.15, -0.1) is 0 Å². The van der Waals surface area contributed by atoms with E-state index in [2.05, 4.69) is 133 Å². The van der Waals surface area contributed by atoms with Crippen LogP contribution >= 0.6 is 0 Å². The van der Waals surface area contributed by atoms with Crippen molar-refractivity contribution >= 4 is 61.0 Å². The van der Waals surface area contributed by atoms with Gasteiger partial charge in [-0.05, 0) is 83.5 Å². The molecule has 244 valence electrons. The van der Waals surface area contributed by atoms with Crippen LogP contribution in [0.15, 0.2) is 198 Å². The lowest BCUT2D eigenvalue weighted by Gasteiger charge is -2.11. The molecule has 0 spiro atoms. The predicted molar refractivity (Wildman–Crippen MR) is 221 cm³/mol. The van der Waals surface area contributed by atoms with E-state index >= 15 is 0 Å². The molecule has 0 bridgehead atoms. The number of benzene rings is 9. The first-order chi connectivity index (χ1) is 25.7. The van der Waals surface area contributed by atoms with Gasteiger partial charge in [-0.2, -0.15) is 0 Å². The maximum atomic E-state index is 9.17. The van der Waals surface area contributed by atoms with Crippen LogP contribution < -0.4 is 0 Å². The Morgan fingerprint density at radius 3 is 1.83 bits per heavy atom. The van der Waals surface area contributed by atoms with Gasteiger partial charge >= 0.3 is 0 Å². The quantitative estimate of drug-likeness (QED) is 0.0825. The third-order valence-corrected chi connectivity index (χ3v) is 9.81. The molecule has 3 nitrogen and oxygen atoms in total. The number of aliphatic imine (C=N–C) groups is 2. The molecular weight excluding hydrogens is 631 g/mol. The molecule has 0 aliphatic rings. The Hall–Kier alpha value is -6.97. The van der Waals surface area contributed by atoms with Crippen LogP contribution in [0.3, 0.4) is 0 Å². The van der Waals surface area contributed by atoms with Gasteiger partial charge in [0.1, 0.15) is 0 Å². The van der Waals surface area contributed by atoms with Gasteiger partial charge < -0.3 is 0 Å². The van der Waals surface area contributed by atoms with E-state index in [4.69, 9.17) is 15.4 Å². The molecule has 3 heteroatoms. The fourth-order valence-electron chi connectivity index (χ4n) is 7.12. The summed E-state index contributed by atoms with van der Waals surface area (Å²) in [7, 11) is 0. The minimum absolute atomic E-state index is 0.150. The van der Waals surface area contributed by atoms with Crippen LogP contribution in [0.2, 0.25) is 0 Å². The number of nitrogens with one attached hydrogen (secondary N) is 1. The zero-order chi connectivity index (χ0) is 34.9. The second-order valence-corrected chi connectivity index (χ2v) is 13.0. The number of hydrogen-bond donors (Lipinski definition) is 1. The van der Waals surface area contributed by atoms with Crippen LogP contribution in [0.1, 0.15) is 16.7 Å². The summed E-state index contributed by atoms with van der Waals surface area (Å²) >= 11 is 0. The third kappa shape index (κ3) is 5.95. The van der Waals surface area contributed by atoms with E-state index < -0.39 is 0 Å². The van der Waals surface area contributed by atoms with E-state index in [9.17, 15) is 0 Å². The van der Waals surface area contributed by atoms with Gasteiger partial charge in [-0.3, -0.25) is 5.41 Å². The van der Waals surface area contributed by atoms with Crippen LogP contribution in [0.5, 0.6) is 0 Å². The van der Waals surface area contributed by atoms with Crippen LogP contribution in [-0.4, -0.2) is 17.9 Å². The van der Waals surface area contributed by atoms with Gasteiger partial charge in [0.05, 0.1) is 0 Å². The molecule has 0 atom stereocenters. The van der Waals surface area contributed by atoms with Gasteiger partial charge in [0.25, 0.3) is 0 Å². The molecule has 0 unspecified atom stereocenters. The molecule has 0 aliphatic heterocycles. The fraction of sp³-hybridized carbons (Fsp3) is 0. The van der Waals surface area contributed by atoms with Crippen molar-refractivity contribution in [1.82, 2.24) is 0 Å². The van der Waals surface area contributed by atoms with Crippen molar-refractivity contribution in [2.75, 3.05) is 0 Å². The Morgan fingerprint density at radius 1 is 0.385 bits per heavy atom. The number of nitrogens with zero attached hydrogens (tertiary/aromatic N) is 2. The zero-order valence-electron chi connectivity index (χ0n) is 28.4. The second-order valence-electron chi connectivity index (χ2n) is 13.0. The molecule has 0 aromatic heterocycles. The summed E-state index contributed by atoms with van der Waals surface area (Å²) in [4.78, 5) is 10.1. The number of hydrogen-bond acceptors (Lipinski definition) is 1. The smallest absolute Gasteiger partial charge is 0.161 e. The molecule has 9 rings (SSSR count). The first-order valence-corrected chi connectivity index (χ1v) is 17.5. The molecule has 0 radical (unpaired) electrons. The van der Waals surface area contributed by atoms with Crippen molar-refractivity contribution < 1.29 is 0 Å². The summed E-state index contributed by atoms with van der Waals surface area (Å²) in [6.45, 7) is 0. The largest absolute Gasteiger partial charge is 0.282 e. The molecule has 1 N–H and O–H groups in total. The summed E-state index contributed by atoms with van der Waals surface area (Å²) in [5.41, 5.74) is 6.99. The topological polar surface area (TPSA) is 48.6 Å². The maximum absolute atomic E-state index is 9.17. The highest BCUT2D eigenvalue weighted by Gasteiger charge is 2.12. The lowest BCUT2D eigenvalue weighted by atomic mass is 9.94. The van der Waals surface area contributed by atoms with Crippen molar-refractivity contribution in [3.8, 4) is 22.3 Å². The minimum atomic E-state index is 0.150.